The molecule has 5 N–H and O–H groups in total. The van der Waals surface area contributed by atoms with Gasteiger partial charge in [0.1, 0.15) is 17.8 Å². The lowest BCUT2D eigenvalue weighted by Crippen LogP contribution is -2.55. The molecule has 1 fully saturated rings. The van der Waals surface area contributed by atoms with Gasteiger partial charge in [0.05, 0.1) is 19.4 Å². The lowest BCUT2D eigenvalue weighted by atomic mass is 9.94. The van der Waals surface area contributed by atoms with Crippen LogP contribution in [0.4, 0.5) is 5.69 Å². The Balaban J connectivity index is 1.40. The number of amides is 4. The number of hydrogen-bond acceptors (Lipinski definition) is 7. The third-order valence-corrected chi connectivity index (χ3v) is 9.27. The summed E-state index contributed by atoms with van der Waals surface area (Å²) in [5.74, 6) is -0.587. The molecule has 1 aromatic heterocycles. The highest BCUT2D eigenvalue weighted by molar-refractivity contribution is 5.95. The number of pyridine rings is 1. The van der Waals surface area contributed by atoms with Gasteiger partial charge in [-0.05, 0) is 110 Å². The largest absolute Gasteiger partial charge is 0.494 e. The molecule has 48 heavy (non-hydrogen) atoms. The van der Waals surface area contributed by atoms with Gasteiger partial charge in [0.2, 0.25) is 23.6 Å². The number of anilines is 1. The highest BCUT2D eigenvalue weighted by Crippen LogP contribution is 2.23. The molecule has 3 heterocycles. The van der Waals surface area contributed by atoms with E-state index in [4.69, 9.17) is 10.5 Å². The molecule has 2 aliphatic rings. The molecule has 2 aromatic carbocycles. The first-order chi connectivity index (χ1) is 23.1. The summed E-state index contributed by atoms with van der Waals surface area (Å²) in [4.78, 5) is 60.6. The van der Waals surface area contributed by atoms with Gasteiger partial charge in [-0.15, -0.1) is 0 Å². The minimum absolute atomic E-state index is 0.0131. The predicted octanol–water partition coefficient (Wildman–Crippen LogP) is 3.15. The molecule has 0 radical (unpaired) electrons. The predicted molar refractivity (Wildman–Crippen MR) is 183 cm³/mol. The van der Waals surface area contributed by atoms with Crippen LogP contribution in [0, 0.1) is 19.8 Å². The Morgan fingerprint density at radius 3 is 2.71 bits per heavy atom. The number of hydrogen-bond donors (Lipinski definition) is 4. The summed E-state index contributed by atoms with van der Waals surface area (Å²) >= 11 is 0. The molecule has 11 heteroatoms. The van der Waals surface area contributed by atoms with Crippen molar-refractivity contribution < 1.29 is 23.9 Å². The molecule has 2 aliphatic heterocycles. The van der Waals surface area contributed by atoms with Gasteiger partial charge in [0.25, 0.3) is 0 Å². The normalized spacial score (nSPS) is 20.8. The molecular formula is C37H46N6O5. The lowest BCUT2D eigenvalue weighted by Gasteiger charge is -2.34. The summed E-state index contributed by atoms with van der Waals surface area (Å²) in [6.07, 6.45) is 6.58. The van der Waals surface area contributed by atoms with E-state index in [0.29, 0.717) is 38.2 Å². The number of carbonyl (C=O) groups excluding carboxylic acids is 4. The molecule has 0 saturated carbocycles. The maximum Gasteiger partial charge on any atom is 0.243 e. The number of nitrogens with one attached hydrogen (secondary N) is 3. The van der Waals surface area contributed by atoms with Crippen molar-refractivity contribution in [1.29, 1.82) is 0 Å². The van der Waals surface area contributed by atoms with Crippen molar-refractivity contribution in [3.05, 3.63) is 88.7 Å². The molecule has 3 atom stereocenters. The van der Waals surface area contributed by atoms with Crippen LogP contribution in [-0.2, 0) is 38.6 Å². The smallest absolute Gasteiger partial charge is 0.243 e. The van der Waals surface area contributed by atoms with E-state index in [0.717, 1.165) is 52.8 Å². The van der Waals surface area contributed by atoms with Gasteiger partial charge in [-0.2, -0.15) is 0 Å². The van der Waals surface area contributed by atoms with E-state index in [9.17, 15) is 19.2 Å². The van der Waals surface area contributed by atoms with Crippen molar-refractivity contribution in [3.8, 4) is 5.75 Å². The number of piperidine rings is 1. The minimum Gasteiger partial charge on any atom is -0.494 e. The highest BCUT2D eigenvalue weighted by Gasteiger charge is 2.32. The zero-order chi connectivity index (χ0) is 34.0. The third-order valence-electron chi connectivity index (χ3n) is 9.27. The van der Waals surface area contributed by atoms with E-state index in [2.05, 4.69) is 20.9 Å². The SMILES string of the molecule is Cc1ccc2cc1CNC(=O)[C@H](CCc1cccnc1)NC(=O)[C@@H](NC(=O)Cc1ccc(N)cc1C)CC(=O)N1CCCC(CCO2)C1. The second kappa shape index (κ2) is 16.3. The van der Waals surface area contributed by atoms with Gasteiger partial charge in [0, 0.05) is 37.7 Å². The maximum absolute atomic E-state index is 14.0. The standard InChI is InChI=1S/C37H46N6O5/c1-24-7-11-31-18-29(24)22-40-36(46)32(12-8-26-5-3-14-39-21-26)42-37(47)33(41-34(44)19-28-9-10-30(38)17-25(28)2)20-35(45)43-15-4-6-27(23-43)13-16-48-31/h3,5,7,9-11,14,17-18,21,27,32-33H,4,6,8,12-13,15-16,19-20,22-23,38H2,1-2H3,(H,40,46)(H,41,44)(H,42,47)/t27?,32-,33-/m0/s1. The maximum atomic E-state index is 14.0. The third kappa shape index (κ3) is 9.56. The van der Waals surface area contributed by atoms with Crippen LogP contribution in [-0.4, -0.2) is 65.3 Å². The first kappa shape index (κ1) is 34.4. The first-order valence-electron chi connectivity index (χ1n) is 16.8. The number of nitrogen functional groups attached to an aromatic ring is 1. The van der Waals surface area contributed by atoms with Crippen LogP contribution in [0.25, 0.3) is 0 Å². The van der Waals surface area contributed by atoms with Crippen LogP contribution in [0.3, 0.4) is 0 Å². The van der Waals surface area contributed by atoms with E-state index in [1.165, 1.54) is 0 Å². The van der Waals surface area contributed by atoms with Crippen molar-refractivity contribution in [2.75, 3.05) is 25.4 Å². The number of fused-ring (bicyclic) bond motifs is 4. The number of benzene rings is 2. The number of nitrogens with zero attached hydrogens (tertiary/aromatic N) is 2. The monoisotopic (exact) mass is 654 g/mol. The number of aromatic nitrogens is 1. The number of aryl methyl sites for hydroxylation is 3. The van der Waals surface area contributed by atoms with Crippen LogP contribution in [0.1, 0.15) is 59.9 Å². The van der Waals surface area contributed by atoms with E-state index >= 15 is 0 Å². The second-order valence-electron chi connectivity index (χ2n) is 12.9. The number of ether oxygens (including phenoxy) is 1. The Bertz CT molecular complexity index is 1610. The first-order valence-corrected chi connectivity index (χ1v) is 16.8. The Morgan fingerprint density at radius 1 is 1.06 bits per heavy atom. The van der Waals surface area contributed by atoms with Gasteiger partial charge in [-0.25, -0.2) is 0 Å². The van der Waals surface area contributed by atoms with E-state index in [1.807, 2.05) is 44.2 Å². The molecule has 0 spiro atoms. The van der Waals surface area contributed by atoms with Crippen LogP contribution >= 0.6 is 0 Å². The number of nitrogens with two attached hydrogens (primary N) is 1. The van der Waals surface area contributed by atoms with Crippen molar-refractivity contribution in [3.63, 3.8) is 0 Å². The molecule has 1 saturated heterocycles. The summed E-state index contributed by atoms with van der Waals surface area (Å²) in [5.41, 5.74) is 10.9. The average Bonchev–Trinajstić information content (AvgIpc) is 3.07. The Labute approximate surface area is 282 Å². The molecule has 4 amide bonds. The van der Waals surface area contributed by atoms with Gasteiger partial charge in [0.15, 0.2) is 0 Å². The Morgan fingerprint density at radius 2 is 1.92 bits per heavy atom. The summed E-state index contributed by atoms with van der Waals surface area (Å²) in [6, 6.07) is 12.8. The fourth-order valence-electron chi connectivity index (χ4n) is 6.35. The molecule has 5 rings (SSSR count). The highest BCUT2D eigenvalue weighted by atomic mass is 16.5. The second-order valence-corrected chi connectivity index (χ2v) is 12.9. The number of rotatable bonds is 6. The lowest BCUT2D eigenvalue weighted by molar-refractivity contribution is -0.138. The molecule has 11 nitrogen and oxygen atoms in total. The van der Waals surface area contributed by atoms with Gasteiger partial charge >= 0.3 is 0 Å². The van der Waals surface area contributed by atoms with E-state index in [1.54, 1.807) is 35.5 Å². The van der Waals surface area contributed by atoms with Crippen molar-refractivity contribution >= 4 is 29.3 Å². The summed E-state index contributed by atoms with van der Waals surface area (Å²) in [6.45, 7) is 5.74. The molecule has 4 bridgehead atoms. The Hall–Kier alpha value is -4.93. The zero-order valence-electron chi connectivity index (χ0n) is 27.8. The Kier molecular flexibility index (Phi) is 11.7. The minimum atomic E-state index is -1.17. The number of carbonyl (C=O) groups is 4. The van der Waals surface area contributed by atoms with Crippen molar-refractivity contribution in [1.82, 2.24) is 25.8 Å². The summed E-state index contributed by atoms with van der Waals surface area (Å²) in [5, 5.41) is 8.68. The van der Waals surface area contributed by atoms with E-state index < -0.39 is 23.9 Å². The van der Waals surface area contributed by atoms with Crippen molar-refractivity contribution in [2.45, 2.75) is 77.4 Å². The molecule has 1 unspecified atom stereocenters. The van der Waals surface area contributed by atoms with Gasteiger partial charge in [-0.3, -0.25) is 24.2 Å². The van der Waals surface area contributed by atoms with E-state index in [-0.39, 0.29) is 37.1 Å². The zero-order valence-corrected chi connectivity index (χ0v) is 27.8. The molecule has 0 aliphatic carbocycles. The quantitative estimate of drug-likeness (QED) is 0.298. The molecule has 3 aromatic rings. The van der Waals surface area contributed by atoms with Crippen LogP contribution in [0.15, 0.2) is 60.9 Å². The van der Waals surface area contributed by atoms with Gasteiger partial charge in [-0.1, -0.05) is 18.2 Å². The van der Waals surface area contributed by atoms with Crippen LogP contribution < -0.4 is 26.4 Å². The van der Waals surface area contributed by atoms with Crippen molar-refractivity contribution in [2.24, 2.45) is 5.92 Å². The summed E-state index contributed by atoms with van der Waals surface area (Å²) < 4.78 is 6.11. The fourth-order valence-corrected chi connectivity index (χ4v) is 6.35. The summed E-state index contributed by atoms with van der Waals surface area (Å²) in [7, 11) is 0. The topological polar surface area (TPSA) is 156 Å². The van der Waals surface area contributed by atoms with Gasteiger partial charge < -0.3 is 31.3 Å². The molecule has 254 valence electrons. The van der Waals surface area contributed by atoms with Crippen LogP contribution in [0.5, 0.6) is 5.75 Å². The fraction of sp³-hybridized carbons (Fsp3) is 0.432. The average molecular weight is 655 g/mol. The molecular weight excluding hydrogens is 608 g/mol. The van der Waals surface area contributed by atoms with Crippen LogP contribution in [0.2, 0.25) is 0 Å².